The number of aryl methyl sites for hydroxylation is 1. The van der Waals surface area contributed by atoms with Gasteiger partial charge in [0.2, 0.25) is 0 Å². The molecule has 1 rings (SSSR count). The van der Waals surface area contributed by atoms with Crippen LogP contribution in [0.5, 0.6) is 0 Å². The highest BCUT2D eigenvalue weighted by Crippen LogP contribution is 2.27. The SMILES string of the molecule is C=C(Nc1ccc(Cl)cc1C)C(C)(C)C. The summed E-state index contributed by atoms with van der Waals surface area (Å²) >= 11 is 5.89. The summed E-state index contributed by atoms with van der Waals surface area (Å²) in [5.74, 6) is 0. The van der Waals surface area contributed by atoms with Gasteiger partial charge in [-0.1, -0.05) is 39.0 Å². The smallest absolute Gasteiger partial charge is 0.0412 e. The van der Waals surface area contributed by atoms with Crippen LogP contribution in [0.2, 0.25) is 5.02 Å². The molecule has 0 spiro atoms. The maximum Gasteiger partial charge on any atom is 0.0412 e. The van der Waals surface area contributed by atoms with Crippen LogP contribution in [0.4, 0.5) is 5.69 Å². The molecule has 0 unspecified atom stereocenters. The van der Waals surface area contributed by atoms with Gasteiger partial charge in [0.1, 0.15) is 0 Å². The van der Waals surface area contributed by atoms with Crippen molar-refractivity contribution in [2.75, 3.05) is 5.32 Å². The van der Waals surface area contributed by atoms with Gasteiger partial charge < -0.3 is 5.32 Å². The molecule has 0 aliphatic heterocycles. The first-order valence-corrected chi connectivity index (χ1v) is 5.41. The molecular formula is C13H18ClN. The minimum absolute atomic E-state index is 0.0616. The molecule has 0 saturated carbocycles. The van der Waals surface area contributed by atoms with Crippen LogP contribution in [0.25, 0.3) is 0 Å². The van der Waals surface area contributed by atoms with Crippen LogP contribution in [-0.2, 0) is 0 Å². The lowest BCUT2D eigenvalue weighted by atomic mass is 9.92. The van der Waals surface area contributed by atoms with Gasteiger partial charge in [-0.15, -0.1) is 0 Å². The Kier molecular flexibility index (Phi) is 3.46. The second kappa shape index (κ2) is 4.28. The summed E-state index contributed by atoms with van der Waals surface area (Å²) in [6.45, 7) is 12.5. The van der Waals surface area contributed by atoms with Crippen molar-refractivity contribution in [1.29, 1.82) is 0 Å². The van der Waals surface area contributed by atoms with Crippen molar-refractivity contribution in [3.05, 3.63) is 41.1 Å². The van der Waals surface area contributed by atoms with Crippen LogP contribution in [0.3, 0.4) is 0 Å². The zero-order chi connectivity index (χ0) is 11.6. The Labute approximate surface area is 97.1 Å². The second-order valence-electron chi connectivity index (χ2n) is 4.81. The molecule has 0 aliphatic rings. The summed E-state index contributed by atoms with van der Waals surface area (Å²) in [6, 6.07) is 5.81. The van der Waals surface area contributed by atoms with Gasteiger partial charge in [-0.25, -0.2) is 0 Å². The summed E-state index contributed by atoms with van der Waals surface area (Å²) in [6.07, 6.45) is 0. The maximum atomic E-state index is 5.89. The first kappa shape index (κ1) is 12.1. The van der Waals surface area contributed by atoms with Crippen molar-refractivity contribution in [1.82, 2.24) is 0 Å². The molecule has 0 fully saturated rings. The molecule has 1 aromatic carbocycles. The van der Waals surface area contributed by atoms with E-state index in [1.165, 1.54) is 0 Å². The van der Waals surface area contributed by atoms with Crippen LogP contribution in [0.1, 0.15) is 26.3 Å². The first-order chi connectivity index (χ1) is 6.80. The average molecular weight is 224 g/mol. The van der Waals surface area contributed by atoms with Gasteiger partial charge in [0.25, 0.3) is 0 Å². The minimum atomic E-state index is 0.0616. The van der Waals surface area contributed by atoms with Crippen molar-refractivity contribution in [2.24, 2.45) is 5.41 Å². The number of anilines is 1. The number of hydrogen-bond donors (Lipinski definition) is 1. The molecule has 0 bridgehead atoms. The zero-order valence-corrected chi connectivity index (χ0v) is 10.6. The largest absolute Gasteiger partial charge is 0.359 e. The molecule has 0 aromatic heterocycles. The van der Waals surface area contributed by atoms with Gasteiger partial charge in [0, 0.05) is 21.8 Å². The van der Waals surface area contributed by atoms with E-state index in [0.717, 1.165) is 22.0 Å². The third-order valence-corrected chi connectivity index (χ3v) is 2.61. The lowest BCUT2D eigenvalue weighted by Gasteiger charge is -2.24. The Morgan fingerprint density at radius 1 is 1.33 bits per heavy atom. The Balaban J connectivity index is 2.87. The quantitative estimate of drug-likeness (QED) is 0.772. The normalized spacial score (nSPS) is 11.3. The van der Waals surface area contributed by atoms with Gasteiger partial charge in [0.05, 0.1) is 0 Å². The highest BCUT2D eigenvalue weighted by Gasteiger charge is 2.15. The monoisotopic (exact) mass is 223 g/mol. The molecule has 0 saturated heterocycles. The predicted molar refractivity (Wildman–Crippen MR) is 68.4 cm³/mol. The van der Waals surface area contributed by atoms with Gasteiger partial charge >= 0.3 is 0 Å². The molecular weight excluding hydrogens is 206 g/mol. The molecule has 0 aliphatic carbocycles. The molecule has 1 nitrogen and oxygen atoms in total. The lowest BCUT2D eigenvalue weighted by molar-refractivity contribution is 0.509. The van der Waals surface area contributed by atoms with E-state index in [1.54, 1.807) is 0 Å². The van der Waals surface area contributed by atoms with Gasteiger partial charge in [-0.05, 0) is 30.7 Å². The van der Waals surface area contributed by atoms with E-state index in [4.69, 9.17) is 11.6 Å². The highest BCUT2D eigenvalue weighted by molar-refractivity contribution is 6.30. The molecule has 1 N–H and O–H groups in total. The Morgan fingerprint density at radius 2 is 1.93 bits per heavy atom. The third kappa shape index (κ3) is 3.28. The summed E-state index contributed by atoms with van der Waals surface area (Å²) in [5.41, 5.74) is 3.27. The molecule has 0 atom stereocenters. The van der Waals surface area contributed by atoms with E-state index < -0.39 is 0 Å². The molecule has 0 amide bonds. The van der Waals surface area contributed by atoms with E-state index in [2.05, 4.69) is 32.7 Å². The number of nitrogens with one attached hydrogen (secondary N) is 1. The van der Waals surface area contributed by atoms with Crippen molar-refractivity contribution in [3.63, 3.8) is 0 Å². The second-order valence-corrected chi connectivity index (χ2v) is 5.25. The summed E-state index contributed by atoms with van der Waals surface area (Å²) in [5, 5.41) is 4.09. The van der Waals surface area contributed by atoms with Gasteiger partial charge in [-0.3, -0.25) is 0 Å². The zero-order valence-electron chi connectivity index (χ0n) is 9.82. The average Bonchev–Trinajstić information content (AvgIpc) is 2.08. The Bertz CT molecular complexity index is 375. The van der Waals surface area contributed by atoms with Gasteiger partial charge in [-0.2, -0.15) is 0 Å². The fourth-order valence-corrected chi connectivity index (χ4v) is 1.34. The topological polar surface area (TPSA) is 12.0 Å². The molecule has 1 aromatic rings. The number of rotatable bonds is 2. The van der Waals surface area contributed by atoms with Gasteiger partial charge in [0.15, 0.2) is 0 Å². The van der Waals surface area contributed by atoms with E-state index in [-0.39, 0.29) is 5.41 Å². The third-order valence-electron chi connectivity index (χ3n) is 2.38. The molecule has 82 valence electrons. The maximum absolute atomic E-state index is 5.89. The number of benzene rings is 1. The summed E-state index contributed by atoms with van der Waals surface area (Å²) in [4.78, 5) is 0. The Morgan fingerprint density at radius 3 is 2.40 bits per heavy atom. The predicted octanol–water partition coefficient (Wildman–Crippen LogP) is 4.62. The van der Waals surface area contributed by atoms with Crippen LogP contribution < -0.4 is 5.32 Å². The Hall–Kier alpha value is -0.950. The van der Waals surface area contributed by atoms with Crippen LogP contribution >= 0.6 is 11.6 Å². The fraction of sp³-hybridized carbons (Fsp3) is 0.385. The number of hydrogen-bond acceptors (Lipinski definition) is 1. The lowest BCUT2D eigenvalue weighted by Crippen LogP contribution is -2.16. The van der Waals surface area contributed by atoms with E-state index in [0.29, 0.717) is 0 Å². The van der Waals surface area contributed by atoms with Crippen molar-refractivity contribution in [3.8, 4) is 0 Å². The highest BCUT2D eigenvalue weighted by atomic mass is 35.5. The van der Waals surface area contributed by atoms with Crippen molar-refractivity contribution >= 4 is 17.3 Å². The standard InChI is InChI=1S/C13H18ClN/c1-9-8-11(14)6-7-12(9)15-10(2)13(3,4)5/h6-8,15H,2H2,1,3-5H3. The first-order valence-electron chi connectivity index (χ1n) is 5.03. The number of allylic oxidation sites excluding steroid dienone is 1. The molecule has 0 radical (unpaired) electrons. The minimum Gasteiger partial charge on any atom is -0.359 e. The van der Waals surface area contributed by atoms with Crippen LogP contribution in [0.15, 0.2) is 30.5 Å². The molecule has 2 heteroatoms. The fourth-order valence-electron chi connectivity index (χ4n) is 1.12. The number of halogens is 1. The van der Waals surface area contributed by atoms with E-state index in [1.807, 2.05) is 25.1 Å². The van der Waals surface area contributed by atoms with Crippen molar-refractivity contribution in [2.45, 2.75) is 27.7 Å². The molecule has 0 heterocycles. The van der Waals surface area contributed by atoms with Crippen LogP contribution in [0, 0.1) is 12.3 Å². The van der Waals surface area contributed by atoms with Crippen LogP contribution in [-0.4, -0.2) is 0 Å². The summed E-state index contributed by atoms with van der Waals surface area (Å²) in [7, 11) is 0. The van der Waals surface area contributed by atoms with E-state index in [9.17, 15) is 0 Å². The molecule has 15 heavy (non-hydrogen) atoms. The van der Waals surface area contributed by atoms with E-state index >= 15 is 0 Å². The summed E-state index contributed by atoms with van der Waals surface area (Å²) < 4.78 is 0. The van der Waals surface area contributed by atoms with Crippen molar-refractivity contribution < 1.29 is 0 Å².